The average Bonchev–Trinajstić information content (AvgIpc) is 3.21. The van der Waals surface area contributed by atoms with Crippen LogP contribution < -0.4 is 15.0 Å². The Balaban J connectivity index is 1.33. The summed E-state index contributed by atoms with van der Waals surface area (Å²) in [5.74, 6) is 0.546. The maximum absolute atomic E-state index is 13.4. The number of alkyl halides is 1. The molecule has 1 unspecified atom stereocenters. The van der Waals surface area contributed by atoms with Crippen LogP contribution in [0.15, 0.2) is 102 Å². The topological polar surface area (TPSA) is 79.0 Å². The third kappa shape index (κ3) is 5.86. The molecule has 3 aromatic carbocycles. The van der Waals surface area contributed by atoms with E-state index in [4.69, 9.17) is 28.6 Å². The second-order valence-electron chi connectivity index (χ2n) is 8.71. The first-order valence-electron chi connectivity index (χ1n) is 12.1. The van der Waals surface area contributed by atoms with Gasteiger partial charge in [-0.05, 0) is 59.7 Å². The standard InChI is InChI=1S/C30H22ClN3O4S2/c1-2-16-33-28(36)25(40-30(33)39)18-20-10-8-19(9-11-20)17-24-26(31)32-29(37)34(27(24)35)21-12-14-23(15-13-21)38-22-6-4-3-5-7-22/h2-15,17-18,26H,1,16H2,(H,32,37)/b24-17+,25-18-. The SMILES string of the molecule is C=CCN1C(=O)/C(=C/c2ccc(/C=C3/C(=O)N(c4ccc(Oc5ccccc5)cc4)C(=O)NC3Cl)cc2)SC1=S. The summed E-state index contributed by atoms with van der Waals surface area (Å²) in [6, 6.07) is 22.5. The number of benzene rings is 3. The lowest BCUT2D eigenvalue weighted by atomic mass is 10.1. The molecular formula is C30H22ClN3O4S2. The van der Waals surface area contributed by atoms with E-state index in [1.165, 1.54) is 16.7 Å². The van der Waals surface area contributed by atoms with Gasteiger partial charge in [0.05, 0.1) is 16.2 Å². The predicted octanol–water partition coefficient (Wildman–Crippen LogP) is 6.57. The number of nitrogens with zero attached hydrogens (tertiary/aromatic N) is 2. The highest BCUT2D eigenvalue weighted by Gasteiger charge is 2.36. The van der Waals surface area contributed by atoms with E-state index in [0.29, 0.717) is 38.5 Å². The number of halogens is 1. The third-order valence-electron chi connectivity index (χ3n) is 5.99. The van der Waals surface area contributed by atoms with Gasteiger partial charge in [0.2, 0.25) is 0 Å². The largest absolute Gasteiger partial charge is 0.457 e. The van der Waals surface area contributed by atoms with E-state index >= 15 is 0 Å². The number of anilines is 1. The molecule has 0 spiro atoms. The van der Waals surface area contributed by atoms with E-state index in [1.807, 2.05) is 42.5 Å². The lowest BCUT2D eigenvalue weighted by Crippen LogP contribution is -2.54. The summed E-state index contributed by atoms with van der Waals surface area (Å²) >= 11 is 12.9. The second-order valence-corrected chi connectivity index (χ2v) is 10.8. The van der Waals surface area contributed by atoms with Crippen molar-refractivity contribution in [2.75, 3.05) is 11.4 Å². The van der Waals surface area contributed by atoms with Crippen LogP contribution in [0.5, 0.6) is 11.5 Å². The summed E-state index contributed by atoms with van der Waals surface area (Å²) in [4.78, 5) is 41.7. The highest BCUT2D eigenvalue weighted by molar-refractivity contribution is 8.26. The smallest absolute Gasteiger partial charge is 0.330 e. The van der Waals surface area contributed by atoms with Gasteiger partial charge in [-0.2, -0.15) is 0 Å². The molecule has 0 aromatic heterocycles. The number of rotatable bonds is 7. The highest BCUT2D eigenvalue weighted by atomic mass is 35.5. The first-order valence-corrected chi connectivity index (χ1v) is 13.8. The van der Waals surface area contributed by atoms with Crippen molar-refractivity contribution < 1.29 is 19.1 Å². The van der Waals surface area contributed by atoms with Crippen molar-refractivity contribution in [2.24, 2.45) is 0 Å². The van der Waals surface area contributed by atoms with Gasteiger partial charge in [0.25, 0.3) is 11.8 Å². The van der Waals surface area contributed by atoms with Crippen LogP contribution in [0, 0.1) is 0 Å². The zero-order valence-corrected chi connectivity index (χ0v) is 23.3. The van der Waals surface area contributed by atoms with Gasteiger partial charge < -0.3 is 10.1 Å². The molecule has 40 heavy (non-hydrogen) atoms. The van der Waals surface area contributed by atoms with Gasteiger partial charge in [0.15, 0.2) is 0 Å². The Morgan fingerprint density at radius 1 is 0.900 bits per heavy atom. The van der Waals surface area contributed by atoms with Crippen LogP contribution >= 0.6 is 35.6 Å². The monoisotopic (exact) mass is 587 g/mol. The molecule has 10 heteroatoms. The van der Waals surface area contributed by atoms with Crippen molar-refractivity contribution in [3.8, 4) is 11.5 Å². The van der Waals surface area contributed by atoms with E-state index < -0.39 is 17.4 Å². The lowest BCUT2D eigenvalue weighted by Gasteiger charge is -2.30. The summed E-state index contributed by atoms with van der Waals surface area (Å²) in [7, 11) is 0. The van der Waals surface area contributed by atoms with Gasteiger partial charge >= 0.3 is 6.03 Å². The number of imide groups is 1. The number of urea groups is 1. The van der Waals surface area contributed by atoms with Gasteiger partial charge in [-0.3, -0.25) is 14.5 Å². The molecular weight excluding hydrogens is 566 g/mol. The summed E-state index contributed by atoms with van der Waals surface area (Å²) < 4.78 is 6.29. The number of ether oxygens (including phenoxy) is 1. The lowest BCUT2D eigenvalue weighted by molar-refractivity contribution is -0.121. The van der Waals surface area contributed by atoms with E-state index in [2.05, 4.69) is 11.9 Å². The van der Waals surface area contributed by atoms with Gasteiger partial charge in [0.1, 0.15) is 21.3 Å². The minimum absolute atomic E-state index is 0.158. The van der Waals surface area contributed by atoms with Gasteiger partial charge in [-0.15, -0.1) is 6.58 Å². The second kappa shape index (κ2) is 11.9. The van der Waals surface area contributed by atoms with Gasteiger partial charge in [-0.1, -0.05) is 84.1 Å². The fourth-order valence-corrected chi connectivity index (χ4v) is 5.57. The van der Waals surface area contributed by atoms with Crippen molar-refractivity contribution in [1.82, 2.24) is 10.2 Å². The zero-order chi connectivity index (χ0) is 28.2. The molecule has 4 amide bonds. The molecule has 2 saturated heterocycles. The molecule has 0 aliphatic carbocycles. The highest BCUT2D eigenvalue weighted by Crippen LogP contribution is 2.33. The first kappa shape index (κ1) is 27.4. The quantitative estimate of drug-likeness (QED) is 0.111. The molecule has 3 aromatic rings. The summed E-state index contributed by atoms with van der Waals surface area (Å²) in [6.45, 7) is 4.02. The maximum atomic E-state index is 13.4. The molecule has 7 nitrogen and oxygen atoms in total. The van der Waals surface area contributed by atoms with Crippen LogP contribution in [-0.2, 0) is 9.59 Å². The van der Waals surface area contributed by atoms with Crippen LogP contribution in [0.1, 0.15) is 11.1 Å². The third-order valence-corrected chi connectivity index (χ3v) is 7.71. The molecule has 200 valence electrons. The Bertz CT molecular complexity index is 1550. The number of amides is 4. The number of carbonyl (C=O) groups excluding carboxylic acids is 3. The van der Waals surface area contributed by atoms with E-state index in [-0.39, 0.29) is 11.5 Å². The van der Waals surface area contributed by atoms with Crippen LogP contribution in [-0.4, -0.2) is 39.1 Å². The molecule has 5 rings (SSSR count). The molecule has 0 radical (unpaired) electrons. The summed E-state index contributed by atoms with van der Waals surface area (Å²) in [5.41, 5.74) is 1.09. The molecule has 0 saturated carbocycles. The minimum Gasteiger partial charge on any atom is -0.457 e. The van der Waals surface area contributed by atoms with Crippen molar-refractivity contribution in [2.45, 2.75) is 5.50 Å². The number of para-hydroxylation sites is 1. The normalized spacial score (nSPS) is 19.4. The molecule has 2 aliphatic rings. The number of carbonyl (C=O) groups is 3. The Kier molecular flexibility index (Phi) is 8.16. The van der Waals surface area contributed by atoms with Crippen molar-refractivity contribution >= 4 is 75.6 Å². The number of hydrogen-bond acceptors (Lipinski definition) is 6. The van der Waals surface area contributed by atoms with Gasteiger partial charge in [-0.25, -0.2) is 9.69 Å². The first-order chi connectivity index (χ1) is 19.3. The Morgan fingerprint density at radius 3 is 2.17 bits per heavy atom. The van der Waals surface area contributed by atoms with Crippen molar-refractivity contribution in [3.05, 3.63) is 113 Å². The van der Waals surface area contributed by atoms with E-state index in [0.717, 1.165) is 10.5 Å². The molecule has 2 heterocycles. The van der Waals surface area contributed by atoms with Crippen molar-refractivity contribution in [1.29, 1.82) is 0 Å². The molecule has 0 bridgehead atoms. The van der Waals surface area contributed by atoms with E-state index in [9.17, 15) is 14.4 Å². The molecule has 2 aliphatic heterocycles. The van der Waals surface area contributed by atoms with Crippen LogP contribution in [0.3, 0.4) is 0 Å². The maximum Gasteiger partial charge on any atom is 0.330 e. The number of thioether (sulfide) groups is 1. The fraction of sp³-hybridized carbons (Fsp3) is 0.0667. The number of nitrogens with one attached hydrogen (secondary N) is 1. The Hall–Kier alpha value is -4.18. The fourth-order valence-electron chi connectivity index (χ4n) is 4.04. The Labute approximate surface area is 245 Å². The van der Waals surface area contributed by atoms with Crippen molar-refractivity contribution in [3.63, 3.8) is 0 Å². The molecule has 1 atom stereocenters. The van der Waals surface area contributed by atoms with Crippen LogP contribution in [0.4, 0.5) is 10.5 Å². The zero-order valence-electron chi connectivity index (χ0n) is 21.0. The van der Waals surface area contributed by atoms with Crippen LogP contribution in [0.2, 0.25) is 0 Å². The number of thiocarbonyl (C=S) groups is 1. The molecule has 1 N–H and O–H groups in total. The molecule has 2 fully saturated rings. The van der Waals surface area contributed by atoms with Gasteiger partial charge in [0, 0.05) is 6.54 Å². The minimum atomic E-state index is -0.997. The Morgan fingerprint density at radius 2 is 1.52 bits per heavy atom. The van der Waals surface area contributed by atoms with E-state index in [1.54, 1.807) is 54.6 Å². The average molecular weight is 588 g/mol. The van der Waals surface area contributed by atoms with Crippen LogP contribution in [0.25, 0.3) is 12.2 Å². The summed E-state index contributed by atoms with van der Waals surface area (Å²) in [6.07, 6.45) is 5.03. The summed E-state index contributed by atoms with van der Waals surface area (Å²) in [5, 5.41) is 2.62. The number of hydrogen-bond donors (Lipinski definition) is 1. The predicted molar refractivity (Wildman–Crippen MR) is 163 cm³/mol.